The van der Waals surface area contributed by atoms with Gasteiger partial charge in [0.05, 0.1) is 28.9 Å². The summed E-state index contributed by atoms with van der Waals surface area (Å²) in [6, 6.07) is 18.0. The Bertz CT molecular complexity index is 1190. The fourth-order valence-electron chi connectivity index (χ4n) is 2.96. The van der Waals surface area contributed by atoms with E-state index in [1.54, 1.807) is 30.3 Å². The van der Waals surface area contributed by atoms with Gasteiger partial charge in [0.25, 0.3) is 5.91 Å². The quantitative estimate of drug-likeness (QED) is 0.410. The number of nitrogens with one attached hydrogen (secondary N) is 2. The monoisotopic (exact) mass is 441 g/mol. The van der Waals surface area contributed by atoms with Crippen LogP contribution in [0.3, 0.4) is 0 Å². The number of carbonyl (C=O) groups excluding carboxylic acids is 1. The van der Waals surface area contributed by atoms with Gasteiger partial charge in [-0.05, 0) is 48.5 Å². The maximum absolute atomic E-state index is 12.4. The smallest absolute Gasteiger partial charge is 0.262 e. The van der Waals surface area contributed by atoms with Crippen molar-refractivity contribution >= 4 is 45.8 Å². The number of para-hydroxylation sites is 2. The lowest BCUT2D eigenvalue weighted by Gasteiger charge is -2.12. The van der Waals surface area contributed by atoms with Crippen LogP contribution >= 0.6 is 23.2 Å². The molecule has 0 aliphatic rings. The summed E-state index contributed by atoms with van der Waals surface area (Å²) in [7, 11) is 1.54. The zero-order valence-corrected chi connectivity index (χ0v) is 17.4. The topological polar surface area (TPSA) is 76.2 Å². The second-order valence-corrected chi connectivity index (χ2v) is 7.27. The molecule has 0 radical (unpaired) electrons. The number of H-pyrrole nitrogens is 1. The molecule has 0 aliphatic carbocycles. The zero-order chi connectivity index (χ0) is 21.1. The Labute approximate surface area is 182 Å². The van der Waals surface area contributed by atoms with Crippen LogP contribution in [0.4, 0.5) is 5.69 Å². The van der Waals surface area contributed by atoms with Crippen LogP contribution in [-0.2, 0) is 4.79 Å². The van der Waals surface area contributed by atoms with Crippen LogP contribution in [0, 0.1) is 0 Å². The number of methoxy groups -OCH3 is 1. The summed E-state index contributed by atoms with van der Waals surface area (Å²) in [6.45, 7) is -0.223. The van der Waals surface area contributed by atoms with E-state index in [-0.39, 0.29) is 12.5 Å². The van der Waals surface area contributed by atoms with Crippen molar-refractivity contribution in [1.82, 2.24) is 9.97 Å². The number of aromatic amines is 1. The molecule has 1 amide bonds. The van der Waals surface area contributed by atoms with Gasteiger partial charge in [-0.1, -0.05) is 35.3 Å². The molecule has 2 N–H and O–H groups in total. The molecule has 0 spiro atoms. The number of amides is 1. The number of anilines is 1. The van der Waals surface area contributed by atoms with Crippen molar-refractivity contribution in [1.29, 1.82) is 0 Å². The molecule has 0 fully saturated rings. The number of ether oxygens (including phenoxy) is 2. The minimum Gasteiger partial charge on any atom is -0.495 e. The Morgan fingerprint density at radius 1 is 1.07 bits per heavy atom. The minimum absolute atomic E-state index is 0.223. The molecule has 8 heteroatoms. The molecule has 4 aromatic rings. The standard InChI is InChI=1S/C22H17Cl2N3O3/c1-29-20-8-6-13(22-26-16-4-2-3-5-17(16)27-22)10-18(20)25-21(28)12-30-19-9-7-14(23)11-15(19)24/h2-11H,12H2,1H3,(H,25,28)(H,26,27). The summed E-state index contributed by atoms with van der Waals surface area (Å²) in [4.78, 5) is 20.3. The third kappa shape index (κ3) is 4.35. The second kappa shape index (κ2) is 8.65. The van der Waals surface area contributed by atoms with Crippen LogP contribution in [-0.4, -0.2) is 29.6 Å². The van der Waals surface area contributed by atoms with Gasteiger partial charge in [0.1, 0.15) is 17.3 Å². The summed E-state index contributed by atoms with van der Waals surface area (Å²) >= 11 is 11.9. The number of aromatic nitrogens is 2. The van der Waals surface area contributed by atoms with Crippen LogP contribution in [0.5, 0.6) is 11.5 Å². The van der Waals surface area contributed by atoms with Crippen LogP contribution in [0.1, 0.15) is 0 Å². The lowest BCUT2D eigenvalue weighted by atomic mass is 10.1. The van der Waals surface area contributed by atoms with Crippen molar-refractivity contribution in [2.24, 2.45) is 0 Å². The van der Waals surface area contributed by atoms with Crippen LogP contribution in [0.2, 0.25) is 10.0 Å². The Morgan fingerprint density at radius 2 is 1.87 bits per heavy atom. The molecule has 1 aromatic heterocycles. The van der Waals surface area contributed by atoms with E-state index in [0.717, 1.165) is 16.6 Å². The molecule has 6 nitrogen and oxygen atoms in total. The first-order chi connectivity index (χ1) is 14.5. The van der Waals surface area contributed by atoms with E-state index in [2.05, 4.69) is 15.3 Å². The molecule has 0 saturated carbocycles. The Balaban J connectivity index is 1.52. The van der Waals surface area contributed by atoms with Gasteiger partial charge >= 0.3 is 0 Å². The number of carbonyl (C=O) groups is 1. The van der Waals surface area contributed by atoms with Gasteiger partial charge in [0, 0.05) is 10.6 Å². The first-order valence-corrected chi connectivity index (χ1v) is 9.80. The molecule has 0 unspecified atom stereocenters. The number of hydrogen-bond acceptors (Lipinski definition) is 4. The van der Waals surface area contributed by atoms with E-state index >= 15 is 0 Å². The van der Waals surface area contributed by atoms with Gasteiger partial charge in [0.2, 0.25) is 0 Å². The predicted octanol–water partition coefficient (Wildman–Crippen LogP) is 5.56. The molecule has 0 aliphatic heterocycles. The first kappa shape index (κ1) is 20.1. The normalized spacial score (nSPS) is 10.8. The van der Waals surface area contributed by atoms with Crippen molar-refractivity contribution in [3.8, 4) is 22.9 Å². The molecule has 152 valence electrons. The molecule has 1 heterocycles. The molecule has 0 atom stereocenters. The largest absolute Gasteiger partial charge is 0.495 e. The fraction of sp³-hybridized carbons (Fsp3) is 0.0909. The summed E-state index contributed by atoms with van der Waals surface area (Å²) in [5.74, 6) is 1.23. The first-order valence-electron chi connectivity index (χ1n) is 9.04. The van der Waals surface area contributed by atoms with Crippen molar-refractivity contribution in [3.63, 3.8) is 0 Å². The Morgan fingerprint density at radius 3 is 2.63 bits per heavy atom. The molecule has 0 saturated heterocycles. The Kier molecular flexibility index (Phi) is 5.79. The number of imidazole rings is 1. The van der Waals surface area contributed by atoms with E-state index in [1.165, 1.54) is 7.11 Å². The number of rotatable bonds is 6. The number of fused-ring (bicyclic) bond motifs is 1. The number of nitrogens with zero attached hydrogens (tertiary/aromatic N) is 1. The summed E-state index contributed by atoms with van der Waals surface area (Å²) in [5, 5.41) is 3.63. The summed E-state index contributed by atoms with van der Waals surface area (Å²) in [6.07, 6.45) is 0. The van der Waals surface area contributed by atoms with Gasteiger partial charge in [0.15, 0.2) is 6.61 Å². The maximum Gasteiger partial charge on any atom is 0.262 e. The number of halogens is 2. The number of hydrogen-bond donors (Lipinski definition) is 2. The van der Waals surface area contributed by atoms with Gasteiger partial charge in [-0.15, -0.1) is 0 Å². The maximum atomic E-state index is 12.4. The zero-order valence-electron chi connectivity index (χ0n) is 15.9. The lowest BCUT2D eigenvalue weighted by Crippen LogP contribution is -2.20. The average molecular weight is 442 g/mol. The highest BCUT2D eigenvalue weighted by molar-refractivity contribution is 6.35. The van der Waals surface area contributed by atoms with Crippen molar-refractivity contribution < 1.29 is 14.3 Å². The lowest BCUT2D eigenvalue weighted by molar-refractivity contribution is -0.118. The van der Waals surface area contributed by atoms with Crippen LogP contribution in [0.15, 0.2) is 60.7 Å². The molecular formula is C22H17Cl2N3O3. The fourth-order valence-corrected chi connectivity index (χ4v) is 3.43. The van der Waals surface area contributed by atoms with Crippen LogP contribution < -0.4 is 14.8 Å². The highest BCUT2D eigenvalue weighted by atomic mass is 35.5. The SMILES string of the molecule is COc1ccc(-c2nc3ccccc3[nH]2)cc1NC(=O)COc1ccc(Cl)cc1Cl. The van der Waals surface area contributed by atoms with E-state index in [4.69, 9.17) is 32.7 Å². The predicted molar refractivity (Wildman–Crippen MR) is 119 cm³/mol. The van der Waals surface area contributed by atoms with Gasteiger partial charge in [-0.25, -0.2) is 4.98 Å². The van der Waals surface area contributed by atoms with Gasteiger partial charge < -0.3 is 19.8 Å². The summed E-state index contributed by atoms with van der Waals surface area (Å²) < 4.78 is 10.9. The van der Waals surface area contributed by atoms with Crippen molar-refractivity contribution in [2.45, 2.75) is 0 Å². The van der Waals surface area contributed by atoms with Gasteiger partial charge in [-0.2, -0.15) is 0 Å². The average Bonchev–Trinajstić information content (AvgIpc) is 3.17. The van der Waals surface area contributed by atoms with E-state index in [0.29, 0.717) is 33.1 Å². The number of benzene rings is 3. The third-order valence-corrected chi connectivity index (χ3v) is 4.92. The van der Waals surface area contributed by atoms with Crippen molar-refractivity contribution in [3.05, 3.63) is 70.7 Å². The third-order valence-electron chi connectivity index (χ3n) is 4.39. The van der Waals surface area contributed by atoms with Crippen molar-refractivity contribution in [2.75, 3.05) is 19.0 Å². The molecule has 30 heavy (non-hydrogen) atoms. The molecule has 3 aromatic carbocycles. The van der Waals surface area contributed by atoms with Crippen LogP contribution in [0.25, 0.3) is 22.4 Å². The van der Waals surface area contributed by atoms with Gasteiger partial charge in [-0.3, -0.25) is 4.79 Å². The molecular weight excluding hydrogens is 425 g/mol. The highest BCUT2D eigenvalue weighted by Crippen LogP contribution is 2.31. The van der Waals surface area contributed by atoms with E-state index in [1.807, 2.05) is 30.3 Å². The highest BCUT2D eigenvalue weighted by Gasteiger charge is 2.13. The molecule has 4 rings (SSSR count). The Hall–Kier alpha value is -3.22. The van der Waals surface area contributed by atoms with E-state index in [9.17, 15) is 4.79 Å². The summed E-state index contributed by atoms with van der Waals surface area (Å²) in [5.41, 5.74) is 3.11. The second-order valence-electron chi connectivity index (χ2n) is 6.43. The van der Waals surface area contributed by atoms with E-state index < -0.39 is 0 Å². The molecule has 0 bridgehead atoms. The minimum atomic E-state index is -0.360.